The molecule has 0 heterocycles. The second-order valence-electron chi connectivity index (χ2n) is 6.43. The largest absolute Gasteiger partial charge is 0.573 e. The zero-order chi connectivity index (χ0) is 19.6. The first-order chi connectivity index (χ1) is 12.7. The minimum atomic E-state index is -4.76. The number of carbonyl (C=O) groups is 1. The van der Waals surface area contributed by atoms with Gasteiger partial charge in [0.25, 0.3) is 0 Å². The SMILES string of the molecule is NC(=O)N(Cc1ccc(OC(F)(F)F)cc1)c1cccc2c1C[C@H](O)CC2. The molecule has 0 radical (unpaired) electrons. The molecule has 0 unspecified atom stereocenters. The Balaban J connectivity index is 1.85. The molecule has 27 heavy (non-hydrogen) atoms. The first-order valence-electron chi connectivity index (χ1n) is 8.43. The predicted octanol–water partition coefficient (Wildman–Crippen LogP) is 3.52. The van der Waals surface area contributed by atoms with Crippen LogP contribution in [-0.4, -0.2) is 23.6 Å². The maximum absolute atomic E-state index is 12.3. The molecule has 144 valence electrons. The minimum Gasteiger partial charge on any atom is -0.406 e. The quantitative estimate of drug-likeness (QED) is 0.852. The van der Waals surface area contributed by atoms with E-state index < -0.39 is 18.5 Å². The zero-order valence-corrected chi connectivity index (χ0v) is 14.4. The van der Waals surface area contributed by atoms with Crippen molar-refractivity contribution in [2.24, 2.45) is 5.73 Å². The summed E-state index contributed by atoms with van der Waals surface area (Å²) in [7, 11) is 0. The topological polar surface area (TPSA) is 75.8 Å². The number of carbonyl (C=O) groups excluding carboxylic acids is 1. The molecule has 0 bridgehead atoms. The summed E-state index contributed by atoms with van der Waals surface area (Å²) in [5.41, 5.74) is 8.67. The van der Waals surface area contributed by atoms with Gasteiger partial charge in [0.05, 0.1) is 12.6 Å². The second-order valence-corrected chi connectivity index (χ2v) is 6.43. The lowest BCUT2D eigenvalue weighted by molar-refractivity contribution is -0.274. The van der Waals surface area contributed by atoms with Crippen molar-refractivity contribution in [3.05, 3.63) is 59.2 Å². The van der Waals surface area contributed by atoms with Crippen LogP contribution in [0.1, 0.15) is 23.1 Å². The van der Waals surface area contributed by atoms with Crippen LogP contribution >= 0.6 is 0 Å². The number of aliphatic hydroxyl groups is 1. The van der Waals surface area contributed by atoms with Crippen LogP contribution in [0.3, 0.4) is 0 Å². The van der Waals surface area contributed by atoms with Crippen molar-refractivity contribution in [3.63, 3.8) is 0 Å². The molecule has 2 amide bonds. The van der Waals surface area contributed by atoms with Crippen LogP contribution in [0, 0.1) is 0 Å². The average molecular weight is 380 g/mol. The number of urea groups is 1. The Hall–Kier alpha value is -2.74. The van der Waals surface area contributed by atoms with E-state index in [1.54, 1.807) is 6.07 Å². The maximum atomic E-state index is 12.3. The van der Waals surface area contributed by atoms with Gasteiger partial charge in [-0.15, -0.1) is 13.2 Å². The van der Waals surface area contributed by atoms with Crippen LogP contribution in [0.4, 0.5) is 23.7 Å². The Morgan fingerprint density at radius 2 is 1.93 bits per heavy atom. The first-order valence-corrected chi connectivity index (χ1v) is 8.43. The highest BCUT2D eigenvalue weighted by Crippen LogP contribution is 2.32. The molecular formula is C19H19F3N2O3. The van der Waals surface area contributed by atoms with E-state index in [4.69, 9.17) is 5.73 Å². The molecule has 1 aliphatic carbocycles. The van der Waals surface area contributed by atoms with Crippen LogP contribution in [0.2, 0.25) is 0 Å². The van der Waals surface area contributed by atoms with Crippen molar-refractivity contribution in [1.29, 1.82) is 0 Å². The van der Waals surface area contributed by atoms with Gasteiger partial charge < -0.3 is 15.6 Å². The number of benzene rings is 2. The molecule has 1 atom stereocenters. The number of primary amides is 1. The van der Waals surface area contributed by atoms with Gasteiger partial charge in [-0.2, -0.15) is 0 Å². The van der Waals surface area contributed by atoms with E-state index in [1.807, 2.05) is 12.1 Å². The van der Waals surface area contributed by atoms with Gasteiger partial charge in [-0.25, -0.2) is 4.79 Å². The maximum Gasteiger partial charge on any atom is 0.573 e. The Morgan fingerprint density at radius 1 is 1.22 bits per heavy atom. The molecule has 1 aliphatic rings. The number of rotatable bonds is 4. The standard InChI is InChI=1S/C19H19F3N2O3/c20-19(21,22)27-15-8-4-12(5-9-15)11-24(18(23)26)17-3-1-2-13-6-7-14(25)10-16(13)17/h1-5,8-9,14,25H,6-7,10-11H2,(H2,23,26)/t14-/m1/s1. The fourth-order valence-electron chi connectivity index (χ4n) is 3.26. The third kappa shape index (κ3) is 4.71. The lowest BCUT2D eigenvalue weighted by Crippen LogP contribution is -2.36. The molecule has 0 saturated heterocycles. The van der Waals surface area contributed by atoms with Crippen LogP contribution < -0.4 is 15.4 Å². The summed E-state index contributed by atoms with van der Waals surface area (Å²) < 4.78 is 40.6. The monoisotopic (exact) mass is 380 g/mol. The third-order valence-corrected chi connectivity index (χ3v) is 4.49. The number of amides is 2. The number of hydrogen-bond acceptors (Lipinski definition) is 3. The van der Waals surface area contributed by atoms with Crippen molar-refractivity contribution >= 4 is 11.7 Å². The fraction of sp³-hybridized carbons (Fsp3) is 0.316. The number of aliphatic hydroxyl groups excluding tert-OH is 1. The van der Waals surface area contributed by atoms with Crippen molar-refractivity contribution in [3.8, 4) is 5.75 Å². The zero-order valence-electron chi connectivity index (χ0n) is 14.4. The first kappa shape index (κ1) is 19.0. The predicted molar refractivity (Wildman–Crippen MR) is 93.4 cm³/mol. The molecule has 3 N–H and O–H groups in total. The molecule has 0 aliphatic heterocycles. The van der Waals surface area contributed by atoms with Crippen LogP contribution in [-0.2, 0) is 19.4 Å². The van der Waals surface area contributed by atoms with E-state index in [0.29, 0.717) is 30.5 Å². The van der Waals surface area contributed by atoms with Gasteiger partial charge in [-0.3, -0.25) is 4.90 Å². The summed E-state index contributed by atoms with van der Waals surface area (Å²) in [4.78, 5) is 13.4. The summed E-state index contributed by atoms with van der Waals surface area (Å²) in [5, 5.41) is 9.97. The number of anilines is 1. The van der Waals surface area contributed by atoms with Gasteiger partial charge in [-0.05, 0) is 47.7 Å². The van der Waals surface area contributed by atoms with Gasteiger partial charge in [0.15, 0.2) is 0 Å². The van der Waals surface area contributed by atoms with Crippen molar-refractivity contribution in [2.75, 3.05) is 4.90 Å². The average Bonchev–Trinajstić information content (AvgIpc) is 2.59. The highest BCUT2D eigenvalue weighted by atomic mass is 19.4. The van der Waals surface area contributed by atoms with E-state index in [-0.39, 0.29) is 12.3 Å². The van der Waals surface area contributed by atoms with Crippen LogP contribution in [0.5, 0.6) is 5.75 Å². The van der Waals surface area contributed by atoms with Crippen LogP contribution in [0.15, 0.2) is 42.5 Å². The smallest absolute Gasteiger partial charge is 0.406 e. The molecule has 0 aromatic heterocycles. The van der Waals surface area contributed by atoms with Crippen molar-refractivity contribution in [2.45, 2.75) is 38.3 Å². The van der Waals surface area contributed by atoms with Crippen molar-refractivity contribution in [1.82, 2.24) is 0 Å². The Morgan fingerprint density at radius 3 is 2.56 bits per heavy atom. The molecule has 3 rings (SSSR count). The van der Waals surface area contributed by atoms with E-state index in [0.717, 1.165) is 11.1 Å². The molecule has 8 heteroatoms. The Bertz CT molecular complexity index is 822. The number of alkyl halides is 3. The number of nitrogens with two attached hydrogens (primary N) is 1. The number of ether oxygens (including phenoxy) is 1. The van der Waals surface area contributed by atoms with Crippen molar-refractivity contribution < 1.29 is 27.8 Å². The number of nitrogens with zero attached hydrogens (tertiary/aromatic N) is 1. The number of hydrogen-bond donors (Lipinski definition) is 2. The molecule has 0 saturated carbocycles. The molecule has 2 aromatic rings. The summed E-state index contributed by atoms with van der Waals surface area (Å²) in [6, 6.07) is 10.1. The minimum absolute atomic E-state index is 0.0914. The summed E-state index contributed by atoms with van der Waals surface area (Å²) in [6.07, 6.45) is -3.45. The number of aryl methyl sites for hydroxylation is 1. The van der Waals surface area contributed by atoms with Gasteiger partial charge in [-0.1, -0.05) is 24.3 Å². The molecule has 5 nitrogen and oxygen atoms in total. The van der Waals surface area contributed by atoms with E-state index in [2.05, 4.69) is 4.74 Å². The van der Waals surface area contributed by atoms with Gasteiger partial charge in [0, 0.05) is 12.1 Å². The van der Waals surface area contributed by atoms with Gasteiger partial charge in [0.1, 0.15) is 5.75 Å². The lowest BCUT2D eigenvalue weighted by Gasteiger charge is -2.29. The lowest BCUT2D eigenvalue weighted by atomic mass is 9.88. The Kier molecular flexibility index (Phi) is 5.27. The van der Waals surface area contributed by atoms with Crippen LogP contribution in [0.25, 0.3) is 0 Å². The fourth-order valence-corrected chi connectivity index (χ4v) is 3.26. The van der Waals surface area contributed by atoms with E-state index in [9.17, 15) is 23.1 Å². The van der Waals surface area contributed by atoms with Gasteiger partial charge >= 0.3 is 12.4 Å². The molecule has 2 aromatic carbocycles. The number of halogens is 3. The molecule has 0 spiro atoms. The Labute approximate surface area is 154 Å². The summed E-state index contributed by atoms with van der Waals surface area (Å²) >= 11 is 0. The highest BCUT2D eigenvalue weighted by molar-refractivity contribution is 5.91. The van der Waals surface area contributed by atoms with E-state index in [1.165, 1.54) is 29.2 Å². The summed E-state index contributed by atoms with van der Waals surface area (Å²) in [5.74, 6) is -0.336. The third-order valence-electron chi connectivity index (χ3n) is 4.49. The molecule has 0 fully saturated rings. The second kappa shape index (κ2) is 7.48. The van der Waals surface area contributed by atoms with Gasteiger partial charge in [0.2, 0.25) is 0 Å². The molecular weight excluding hydrogens is 361 g/mol. The summed E-state index contributed by atoms with van der Waals surface area (Å²) in [6.45, 7) is 0.0914. The number of fused-ring (bicyclic) bond motifs is 1. The normalized spacial score (nSPS) is 16.5. The van der Waals surface area contributed by atoms with E-state index >= 15 is 0 Å². The highest BCUT2D eigenvalue weighted by Gasteiger charge is 2.31.